The van der Waals surface area contributed by atoms with Crippen LogP contribution in [0.5, 0.6) is 0 Å². The highest BCUT2D eigenvalue weighted by Crippen LogP contribution is 2.38. The van der Waals surface area contributed by atoms with Gasteiger partial charge in [0.15, 0.2) is 6.10 Å². The Labute approximate surface area is 343 Å². The number of carbonyl (C=O) groups excluding carboxylic acids is 1. The second-order valence-electron chi connectivity index (χ2n) is 15.6. The van der Waals surface area contributed by atoms with Gasteiger partial charge in [0.25, 0.3) is 7.82 Å². The molecule has 0 radical (unpaired) electrons. The standard InChI is InChI=1S/C46H82NO8P/c1-6-8-10-12-14-16-17-18-19-20-21-22-24-26-31-35-40-52-42-45(43-54-56(50,51)53-41-39-47(3,4)5)55-46(49)38-34-30-27-29-33-37-44(48)36-32-28-25-23-15-13-11-9-7-2/h15,18-19,23,27-29,32-33,35,37,40,44-45,48H,6-14,16-17,20-22,24-26,30-31,34,36,38-39,41-43H2,1-5H3/b19-18-,23-15-,29-27+,32-28-,37-33-,40-35+/t44?,45-/m1/s1. The van der Waals surface area contributed by atoms with Crippen LogP contribution in [0, 0.1) is 0 Å². The quantitative estimate of drug-likeness (QED) is 0.0124. The molecule has 0 aliphatic heterocycles. The van der Waals surface area contributed by atoms with E-state index in [2.05, 4.69) is 44.2 Å². The van der Waals surface area contributed by atoms with Gasteiger partial charge in [0.05, 0.1) is 40.1 Å². The van der Waals surface area contributed by atoms with Gasteiger partial charge in [-0.05, 0) is 83.1 Å². The van der Waals surface area contributed by atoms with Crippen molar-refractivity contribution < 1.29 is 42.4 Å². The lowest BCUT2D eigenvalue weighted by atomic mass is 10.1. The third-order valence-electron chi connectivity index (χ3n) is 8.87. The third-order valence-corrected chi connectivity index (χ3v) is 9.84. The molecule has 1 N–H and O–H groups in total. The molecule has 324 valence electrons. The van der Waals surface area contributed by atoms with Gasteiger partial charge in [0.2, 0.25) is 0 Å². The zero-order chi connectivity index (χ0) is 41.4. The van der Waals surface area contributed by atoms with Crippen molar-refractivity contribution in [1.29, 1.82) is 0 Å². The number of allylic oxidation sites excluding steroid dienone is 9. The zero-order valence-corrected chi connectivity index (χ0v) is 37.1. The van der Waals surface area contributed by atoms with Gasteiger partial charge in [-0.2, -0.15) is 0 Å². The van der Waals surface area contributed by atoms with Crippen LogP contribution >= 0.6 is 7.82 Å². The highest BCUT2D eigenvalue weighted by atomic mass is 31.2. The number of ether oxygens (including phenoxy) is 2. The number of hydrogen-bond acceptors (Lipinski definition) is 8. The molecule has 0 aromatic rings. The highest BCUT2D eigenvalue weighted by Gasteiger charge is 2.20. The van der Waals surface area contributed by atoms with Crippen LogP contribution < -0.4 is 4.89 Å². The summed E-state index contributed by atoms with van der Waals surface area (Å²) in [7, 11) is 1.22. The summed E-state index contributed by atoms with van der Waals surface area (Å²) in [4.78, 5) is 25.0. The van der Waals surface area contributed by atoms with Crippen LogP contribution in [-0.2, 0) is 27.9 Å². The number of hydrogen-bond donors (Lipinski definition) is 1. The summed E-state index contributed by atoms with van der Waals surface area (Å²) in [5.74, 6) is -0.461. The largest absolute Gasteiger partial charge is 0.756 e. The number of rotatable bonds is 39. The first kappa shape index (κ1) is 53.7. The minimum atomic E-state index is -4.58. The highest BCUT2D eigenvalue weighted by molar-refractivity contribution is 7.45. The van der Waals surface area contributed by atoms with E-state index in [1.54, 1.807) is 12.3 Å². The number of nitrogens with zero attached hydrogens (tertiary/aromatic N) is 1. The number of quaternary nitrogens is 1. The fraction of sp³-hybridized carbons (Fsp3) is 0.717. The molecule has 0 aliphatic carbocycles. The number of carbonyl (C=O) groups is 1. The van der Waals surface area contributed by atoms with Crippen LogP contribution in [0.2, 0.25) is 0 Å². The molecule has 0 aliphatic rings. The van der Waals surface area contributed by atoms with Gasteiger partial charge < -0.3 is 33.0 Å². The van der Waals surface area contributed by atoms with Crippen molar-refractivity contribution >= 4 is 13.8 Å². The molecular formula is C46H82NO8P. The Kier molecular flexibility index (Phi) is 36.7. The number of phosphoric acid groups is 1. The molecule has 0 saturated heterocycles. The van der Waals surface area contributed by atoms with Gasteiger partial charge in [-0.15, -0.1) is 0 Å². The lowest BCUT2D eigenvalue weighted by molar-refractivity contribution is -0.870. The van der Waals surface area contributed by atoms with Crippen LogP contribution in [0.1, 0.15) is 155 Å². The summed E-state index contributed by atoms with van der Waals surface area (Å²) in [6.07, 6.45) is 46.1. The van der Waals surface area contributed by atoms with E-state index < -0.39 is 32.6 Å². The predicted octanol–water partition coefficient (Wildman–Crippen LogP) is 11.4. The lowest BCUT2D eigenvalue weighted by Gasteiger charge is -2.28. The normalized spacial score (nSPS) is 15.0. The molecule has 0 spiro atoms. The van der Waals surface area contributed by atoms with E-state index in [0.29, 0.717) is 30.3 Å². The maximum atomic E-state index is 12.6. The second-order valence-corrected chi connectivity index (χ2v) is 17.0. The monoisotopic (exact) mass is 808 g/mol. The molecule has 0 amide bonds. The molecule has 0 aromatic heterocycles. The molecular weight excluding hydrogens is 725 g/mol. The summed E-state index contributed by atoms with van der Waals surface area (Å²) in [6, 6.07) is 0. The maximum absolute atomic E-state index is 12.6. The Morgan fingerprint density at radius 2 is 1.23 bits per heavy atom. The fourth-order valence-electron chi connectivity index (χ4n) is 5.40. The Hall–Kier alpha value is -2.26. The fourth-order valence-corrected chi connectivity index (χ4v) is 6.13. The average Bonchev–Trinajstić information content (AvgIpc) is 3.14. The van der Waals surface area contributed by atoms with Crippen molar-refractivity contribution in [2.75, 3.05) is 47.5 Å². The first-order valence-corrected chi connectivity index (χ1v) is 23.3. The summed E-state index contributed by atoms with van der Waals surface area (Å²) in [6.45, 7) is 4.50. The minimum absolute atomic E-state index is 0.0141. The Balaban J connectivity index is 4.52. The summed E-state index contributed by atoms with van der Waals surface area (Å²) in [5.41, 5.74) is 0. The molecule has 0 bridgehead atoms. The molecule has 56 heavy (non-hydrogen) atoms. The van der Waals surface area contributed by atoms with E-state index in [0.717, 1.165) is 38.5 Å². The smallest absolute Gasteiger partial charge is 0.306 e. The summed E-state index contributed by atoms with van der Waals surface area (Å²) >= 11 is 0. The zero-order valence-electron chi connectivity index (χ0n) is 36.2. The van der Waals surface area contributed by atoms with E-state index in [4.69, 9.17) is 18.5 Å². The maximum Gasteiger partial charge on any atom is 0.306 e. The van der Waals surface area contributed by atoms with E-state index >= 15 is 0 Å². The number of aliphatic hydroxyl groups excluding tert-OH is 1. The van der Waals surface area contributed by atoms with Crippen molar-refractivity contribution in [3.8, 4) is 0 Å². The van der Waals surface area contributed by atoms with Crippen LogP contribution in [-0.4, -0.2) is 75.3 Å². The van der Waals surface area contributed by atoms with Gasteiger partial charge in [0.1, 0.15) is 19.8 Å². The second kappa shape index (κ2) is 38.3. The predicted molar refractivity (Wildman–Crippen MR) is 232 cm³/mol. The van der Waals surface area contributed by atoms with Gasteiger partial charge in [-0.1, -0.05) is 132 Å². The molecule has 9 nitrogen and oxygen atoms in total. The van der Waals surface area contributed by atoms with Crippen molar-refractivity contribution in [1.82, 2.24) is 0 Å². The van der Waals surface area contributed by atoms with E-state index in [1.807, 2.05) is 51.5 Å². The minimum Gasteiger partial charge on any atom is -0.756 e. The molecule has 0 saturated carbocycles. The first-order valence-electron chi connectivity index (χ1n) is 21.8. The summed E-state index contributed by atoms with van der Waals surface area (Å²) in [5, 5.41) is 10.2. The van der Waals surface area contributed by atoms with Crippen LogP contribution in [0.4, 0.5) is 0 Å². The van der Waals surface area contributed by atoms with Gasteiger partial charge in [-0.25, -0.2) is 0 Å². The number of aliphatic hydroxyl groups is 1. The van der Waals surface area contributed by atoms with E-state index in [1.165, 1.54) is 77.0 Å². The van der Waals surface area contributed by atoms with Crippen molar-refractivity contribution in [2.24, 2.45) is 0 Å². The number of phosphoric ester groups is 1. The molecule has 3 atom stereocenters. The molecule has 2 unspecified atom stereocenters. The molecule has 0 fully saturated rings. The van der Waals surface area contributed by atoms with Crippen molar-refractivity contribution in [2.45, 2.75) is 167 Å². The van der Waals surface area contributed by atoms with Crippen LogP contribution in [0.3, 0.4) is 0 Å². The molecule has 0 heterocycles. The summed E-state index contributed by atoms with van der Waals surface area (Å²) < 4.78 is 34.2. The lowest BCUT2D eigenvalue weighted by Crippen LogP contribution is -2.37. The van der Waals surface area contributed by atoms with Gasteiger partial charge in [-0.3, -0.25) is 9.36 Å². The third kappa shape index (κ3) is 41.4. The first-order chi connectivity index (χ1) is 27.0. The van der Waals surface area contributed by atoms with Gasteiger partial charge >= 0.3 is 5.97 Å². The molecule has 0 rings (SSSR count). The number of likely N-dealkylation sites (N-methyl/N-ethyl adjacent to an activating group) is 1. The molecule has 10 heteroatoms. The average molecular weight is 808 g/mol. The van der Waals surface area contributed by atoms with Gasteiger partial charge in [0, 0.05) is 6.42 Å². The van der Waals surface area contributed by atoms with E-state index in [9.17, 15) is 19.4 Å². The molecule has 0 aromatic carbocycles. The topological polar surface area (TPSA) is 114 Å². The Bertz CT molecular complexity index is 1140. The van der Waals surface area contributed by atoms with Crippen molar-refractivity contribution in [3.63, 3.8) is 0 Å². The van der Waals surface area contributed by atoms with Crippen molar-refractivity contribution in [3.05, 3.63) is 73.1 Å². The Morgan fingerprint density at radius 1 is 0.679 bits per heavy atom. The number of esters is 1. The van der Waals surface area contributed by atoms with Crippen LogP contribution in [0.25, 0.3) is 0 Å². The van der Waals surface area contributed by atoms with E-state index in [-0.39, 0.29) is 19.6 Å². The van der Waals surface area contributed by atoms with Crippen LogP contribution in [0.15, 0.2) is 73.1 Å². The SMILES string of the molecule is CCCCC/C=C\C/C=C\CC(O)/C=C\C=C\CCCC(=O)O[C@H](CO/C=C/CCCCCC/C=C\CCCCCCCC)COP(=O)([O-])OCC[N+](C)(C)C. The number of unbranched alkanes of at least 4 members (excludes halogenated alkanes) is 15. The Morgan fingerprint density at radius 3 is 1.89 bits per heavy atom.